The summed E-state index contributed by atoms with van der Waals surface area (Å²) >= 11 is 17.4. The number of aryl methyl sites for hydroxylation is 1. The molecule has 326 valence electrons. The van der Waals surface area contributed by atoms with Crippen LogP contribution in [0.15, 0.2) is 30.5 Å². The number of nitrogen functional groups attached to an aromatic ring is 1. The first-order chi connectivity index (χ1) is 27.5. The van der Waals surface area contributed by atoms with Crippen LogP contribution in [0.3, 0.4) is 0 Å². The summed E-state index contributed by atoms with van der Waals surface area (Å²) in [6.45, 7) is 8.13. The summed E-state index contributed by atoms with van der Waals surface area (Å²) in [7, 11) is 0. The Morgan fingerprint density at radius 2 is 1.05 bits per heavy atom. The molecule has 3 saturated heterocycles. The molecule has 2 N–H and O–H groups in total. The first-order valence-electron chi connectivity index (χ1n) is 17.6. The van der Waals surface area contributed by atoms with Gasteiger partial charge in [0.25, 0.3) is 24.6 Å². The maximum atomic E-state index is 12.5. The van der Waals surface area contributed by atoms with E-state index in [1.165, 1.54) is 0 Å². The van der Waals surface area contributed by atoms with Gasteiger partial charge >= 0.3 is 0 Å². The number of hydrogen-bond donors (Lipinski definition) is 1. The minimum Gasteiger partial charge on any atom is -0.469 e. The zero-order valence-corrected chi connectivity index (χ0v) is 32.9. The largest absolute Gasteiger partial charge is 0.469 e. The van der Waals surface area contributed by atoms with Crippen LogP contribution in [0, 0.1) is 6.92 Å². The summed E-state index contributed by atoms with van der Waals surface area (Å²) in [4.78, 5) is 10.2. The van der Waals surface area contributed by atoms with Gasteiger partial charge in [-0.25, -0.2) is 17.6 Å². The molecule has 0 amide bonds. The number of ether oxygens (including phenoxy) is 5. The quantitative estimate of drug-likeness (QED) is 0.173. The van der Waals surface area contributed by atoms with Crippen LogP contribution in [0.5, 0.6) is 11.8 Å². The lowest BCUT2D eigenvalue weighted by atomic mass is 10.1. The topological polar surface area (TPSA) is 172 Å². The Labute approximate surface area is 355 Å². The van der Waals surface area contributed by atoms with E-state index in [2.05, 4.69) is 40.5 Å². The smallest absolute Gasteiger partial charge is 0.272 e. The lowest BCUT2D eigenvalue weighted by molar-refractivity contribution is 0.0786. The molecule has 0 radical (unpaired) electrons. The number of nitrogens with two attached hydrogens (primary N) is 1. The maximum Gasteiger partial charge on any atom is 0.272 e. The standard InChI is InChI=1S/C16H19F2N5O2.C10H12ClF2N3O2.C8H9Cl2N3O.2CH4/c1-10-12(6-11(19)8-20-10)13-7-14(23-2-4-24-5-3-23)16(22-21-13)25-9-15(17)18;11-8-5-7(16-1-3-17-4-2-16)10(15-14-8)18-6-9(12)13;9-7-5-6(8(10)12-11-7)13-1-3-14-4-2-13;;/h6-8,15H,2-5,9,19H2,1H3;5,9H,1-4,6H2;5H,1-4H2;2*1H4. The summed E-state index contributed by atoms with van der Waals surface area (Å²) < 4.78 is 75.2. The third-order valence-corrected chi connectivity index (χ3v) is 8.92. The molecule has 4 aromatic heterocycles. The average molecular weight is 897 g/mol. The normalized spacial score (nSPS) is 15.3. The van der Waals surface area contributed by atoms with Gasteiger partial charge in [-0.15, -0.1) is 30.6 Å². The summed E-state index contributed by atoms with van der Waals surface area (Å²) in [5.74, 6) is 0.155. The Balaban J connectivity index is 0.000000243. The second-order valence-electron chi connectivity index (χ2n) is 12.2. The zero-order valence-electron chi connectivity index (χ0n) is 30.7. The highest BCUT2D eigenvalue weighted by atomic mass is 35.5. The van der Waals surface area contributed by atoms with Crippen LogP contribution in [-0.2, 0) is 14.2 Å². The van der Waals surface area contributed by atoms with Gasteiger partial charge in [-0.05, 0) is 19.1 Å². The van der Waals surface area contributed by atoms with Crippen LogP contribution in [0.4, 0.5) is 40.3 Å². The molecule has 0 spiro atoms. The van der Waals surface area contributed by atoms with Gasteiger partial charge in [-0.2, -0.15) is 0 Å². The van der Waals surface area contributed by atoms with Gasteiger partial charge in [0, 0.05) is 62.7 Å². The Morgan fingerprint density at radius 3 is 1.54 bits per heavy atom. The first kappa shape index (κ1) is 49.0. The molecule has 0 aromatic carbocycles. The minimum absolute atomic E-state index is 0. The van der Waals surface area contributed by atoms with Gasteiger partial charge in [-0.1, -0.05) is 49.7 Å². The van der Waals surface area contributed by atoms with E-state index in [0.29, 0.717) is 98.9 Å². The number of morpholine rings is 3. The van der Waals surface area contributed by atoms with E-state index in [9.17, 15) is 17.6 Å². The number of hydrogen-bond acceptors (Lipinski definition) is 16. The van der Waals surface area contributed by atoms with Crippen LogP contribution in [0.2, 0.25) is 15.5 Å². The van der Waals surface area contributed by atoms with Gasteiger partial charge < -0.3 is 44.1 Å². The second-order valence-corrected chi connectivity index (χ2v) is 13.4. The fourth-order valence-corrected chi connectivity index (χ4v) is 6.07. The van der Waals surface area contributed by atoms with E-state index in [0.717, 1.165) is 30.0 Å². The number of nitrogens with zero attached hydrogens (tertiary/aromatic N) is 10. The minimum atomic E-state index is -2.58. The number of pyridine rings is 1. The van der Waals surface area contributed by atoms with E-state index in [-0.39, 0.29) is 31.8 Å². The molecule has 0 atom stereocenters. The van der Waals surface area contributed by atoms with Gasteiger partial charge in [-0.3, -0.25) is 4.98 Å². The molecule has 3 aliphatic heterocycles. The van der Waals surface area contributed by atoms with Crippen molar-refractivity contribution in [1.82, 2.24) is 35.6 Å². The van der Waals surface area contributed by atoms with Crippen LogP contribution in [0.1, 0.15) is 20.5 Å². The van der Waals surface area contributed by atoms with Gasteiger partial charge in [0.15, 0.2) is 28.7 Å². The predicted octanol–water partition coefficient (Wildman–Crippen LogP) is 6.41. The van der Waals surface area contributed by atoms with E-state index in [4.69, 9.17) is 64.2 Å². The molecule has 3 aliphatic rings. The number of halogens is 7. The average Bonchev–Trinajstić information content (AvgIpc) is 3.22. The van der Waals surface area contributed by atoms with Gasteiger partial charge in [0.05, 0.1) is 62.9 Å². The Kier molecular flexibility index (Phi) is 20.5. The Bertz CT molecular complexity index is 1880. The number of anilines is 4. The van der Waals surface area contributed by atoms with Crippen molar-refractivity contribution < 1.29 is 41.2 Å². The summed E-state index contributed by atoms with van der Waals surface area (Å²) in [5.41, 5.74) is 10.4. The van der Waals surface area contributed by atoms with Crippen molar-refractivity contribution in [3.63, 3.8) is 0 Å². The van der Waals surface area contributed by atoms with Gasteiger partial charge in [0.1, 0.15) is 11.4 Å². The van der Waals surface area contributed by atoms with Crippen LogP contribution >= 0.6 is 34.8 Å². The first-order valence-corrected chi connectivity index (χ1v) is 18.7. The molecular formula is C36H48Cl3F4N11O5. The van der Waals surface area contributed by atoms with E-state index >= 15 is 0 Å². The van der Waals surface area contributed by atoms with Crippen molar-refractivity contribution in [3.05, 3.63) is 51.6 Å². The molecule has 16 nitrogen and oxygen atoms in total. The molecule has 23 heteroatoms. The molecule has 0 aliphatic carbocycles. The monoisotopic (exact) mass is 895 g/mol. The second kappa shape index (κ2) is 24.7. The molecular weight excluding hydrogens is 849 g/mol. The highest BCUT2D eigenvalue weighted by molar-refractivity contribution is 6.33. The molecule has 7 rings (SSSR count). The van der Waals surface area contributed by atoms with Crippen molar-refractivity contribution in [1.29, 1.82) is 0 Å². The molecule has 0 saturated carbocycles. The summed E-state index contributed by atoms with van der Waals surface area (Å²) in [5, 5.41) is 23.8. The van der Waals surface area contributed by atoms with Crippen molar-refractivity contribution in [2.45, 2.75) is 34.6 Å². The lowest BCUT2D eigenvalue weighted by Crippen LogP contribution is -2.36. The van der Waals surface area contributed by atoms with E-state index in [1.54, 1.807) is 30.5 Å². The zero-order chi connectivity index (χ0) is 40.7. The maximum absolute atomic E-state index is 12.5. The summed E-state index contributed by atoms with van der Waals surface area (Å²) in [6, 6.07) is 6.81. The van der Waals surface area contributed by atoms with Crippen molar-refractivity contribution in [3.8, 4) is 23.0 Å². The van der Waals surface area contributed by atoms with E-state index < -0.39 is 26.1 Å². The Morgan fingerprint density at radius 1 is 0.627 bits per heavy atom. The summed E-state index contributed by atoms with van der Waals surface area (Å²) in [6.07, 6.45) is -3.57. The number of rotatable bonds is 10. The van der Waals surface area contributed by atoms with Gasteiger partial charge in [0.2, 0.25) is 0 Å². The lowest BCUT2D eigenvalue weighted by Gasteiger charge is -2.29. The molecule has 0 bridgehead atoms. The number of aromatic nitrogens is 7. The molecule has 4 aromatic rings. The molecule has 59 heavy (non-hydrogen) atoms. The van der Waals surface area contributed by atoms with Crippen molar-refractivity contribution in [2.75, 3.05) is 113 Å². The SMILES string of the molecule is C.C.Cc1ncc(N)cc1-c1cc(N2CCOCC2)c(OCC(F)F)nn1.Clc1cc(N2CCOCC2)c(Cl)nn1.FC(F)COc1nnc(Cl)cc1N1CCOCC1. The molecule has 0 unspecified atom stereocenters. The third-order valence-electron chi connectivity index (χ3n) is 8.28. The Hall–Kier alpha value is -4.34. The van der Waals surface area contributed by atoms with Crippen molar-refractivity contribution in [2.24, 2.45) is 0 Å². The van der Waals surface area contributed by atoms with Crippen LogP contribution in [0.25, 0.3) is 11.3 Å². The fraction of sp³-hybridized carbons (Fsp3) is 0.528. The third kappa shape index (κ3) is 15.0. The highest BCUT2D eigenvalue weighted by Gasteiger charge is 2.22. The predicted molar refractivity (Wildman–Crippen MR) is 219 cm³/mol. The fourth-order valence-electron chi connectivity index (χ4n) is 5.58. The molecule has 3 fully saturated rings. The van der Waals surface area contributed by atoms with Crippen LogP contribution < -0.4 is 29.9 Å². The van der Waals surface area contributed by atoms with Crippen LogP contribution in [-0.4, -0.2) is 141 Å². The van der Waals surface area contributed by atoms with E-state index in [1.807, 2.05) is 16.7 Å². The highest BCUT2D eigenvalue weighted by Crippen LogP contribution is 2.33. The number of alkyl halides is 4. The molecule has 7 heterocycles. The van der Waals surface area contributed by atoms with Crippen molar-refractivity contribution >= 4 is 57.6 Å².